The molecule has 2 aromatic carbocycles. The monoisotopic (exact) mass is 278 g/mol. The number of phenolic OH excluding ortho intramolecular Hbond substituents is 1. The maximum absolute atomic E-state index is 13.2. The van der Waals surface area contributed by atoms with E-state index in [4.69, 9.17) is 5.11 Å². The molecule has 2 rings (SSSR count). The van der Waals surface area contributed by atoms with Crippen LogP contribution < -0.4 is 0 Å². The van der Waals surface area contributed by atoms with Crippen LogP contribution in [0.2, 0.25) is 0 Å². The summed E-state index contributed by atoms with van der Waals surface area (Å²) in [6, 6.07) is 11.0. The van der Waals surface area contributed by atoms with Crippen molar-refractivity contribution >= 4 is 17.7 Å². The summed E-state index contributed by atoms with van der Waals surface area (Å²) in [6.45, 7) is 0. The lowest BCUT2D eigenvalue weighted by Gasteiger charge is -2.04. The van der Waals surface area contributed by atoms with E-state index in [1.54, 1.807) is 30.3 Å². The summed E-state index contributed by atoms with van der Waals surface area (Å²) >= 11 is 1.34. The second-order valence-electron chi connectivity index (χ2n) is 3.73. The zero-order valence-electron chi connectivity index (χ0n) is 10.1. The molecular formula is C14H11FO3S. The van der Waals surface area contributed by atoms with Gasteiger partial charge in [-0.15, -0.1) is 0 Å². The fraction of sp³-hybridized carbons (Fsp3) is 0.0714. The van der Waals surface area contributed by atoms with Gasteiger partial charge < -0.3 is 9.84 Å². The van der Waals surface area contributed by atoms with Crippen LogP contribution in [0.25, 0.3) is 0 Å². The van der Waals surface area contributed by atoms with Crippen molar-refractivity contribution in [3.8, 4) is 5.75 Å². The largest absolute Gasteiger partial charge is 0.505 e. The van der Waals surface area contributed by atoms with Crippen LogP contribution in [0.1, 0.15) is 10.4 Å². The van der Waals surface area contributed by atoms with Crippen molar-refractivity contribution in [2.75, 3.05) is 7.11 Å². The van der Waals surface area contributed by atoms with Gasteiger partial charge in [0.1, 0.15) is 0 Å². The molecule has 3 nitrogen and oxygen atoms in total. The van der Waals surface area contributed by atoms with Crippen LogP contribution in [0.5, 0.6) is 5.75 Å². The molecule has 5 heteroatoms. The molecular weight excluding hydrogens is 267 g/mol. The molecule has 0 saturated heterocycles. The normalized spacial score (nSPS) is 10.2. The van der Waals surface area contributed by atoms with Crippen molar-refractivity contribution < 1.29 is 19.0 Å². The van der Waals surface area contributed by atoms with Crippen molar-refractivity contribution in [3.63, 3.8) is 0 Å². The molecule has 0 aliphatic heterocycles. The average molecular weight is 278 g/mol. The number of hydrogen-bond acceptors (Lipinski definition) is 4. The first-order valence-corrected chi connectivity index (χ1v) is 6.26. The van der Waals surface area contributed by atoms with Crippen LogP contribution in [0, 0.1) is 5.82 Å². The van der Waals surface area contributed by atoms with Gasteiger partial charge in [0.25, 0.3) is 0 Å². The van der Waals surface area contributed by atoms with E-state index >= 15 is 0 Å². The lowest BCUT2D eigenvalue weighted by molar-refractivity contribution is 0.0600. The van der Waals surface area contributed by atoms with E-state index in [9.17, 15) is 9.18 Å². The van der Waals surface area contributed by atoms with Crippen molar-refractivity contribution in [1.29, 1.82) is 0 Å². The van der Waals surface area contributed by atoms with Crippen LogP contribution in [0.15, 0.2) is 52.3 Å². The molecule has 0 saturated carbocycles. The molecule has 0 spiro atoms. The van der Waals surface area contributed by atoms with Gasteiger partial charge >= 0.3 is 5.97 Å². The Labute approximate surface area is 114 Å². The first kappa shape index (κ1) is 13.4. The Morgan fingerprint density at radius 2 is 1.79 bits per heavy atom. The molecule has 0 aliphatic rings. The Bertz CT molecular complexity index is 596. The number of hydrogen-bond donors (Lipinski definition) is 1. The summed E-state index contributed by atoms with van der Waals surface area (Å²) in [5.41, 5.74) is 0.462. The molecule has 0 heterocycles. The van der Waals surface area contributed by atoms with Gasteiger partial charge in [0, 0.05) is 9.79 Å². The van der Waals surface area contributed by atoms with Crippen LogP contribution in [-0.2, 0) is 4.74 Å². The number of halogens is 1. The number of aromatic hydroxyl groups is 1. The molecule has 98 valence electrons. The minimum Gasteiger partial charge on any atom is -0.505 e. The second-order valence-corrected chi connectivity index (χ2v) is 4.88. The van der Waals surface area contributed by atoms with E-state index in [2.05, 4.69) is 4.74 Å². The first-order valence-electron chi connectivity index (χ1n) is 5.45. The Balaban J connectivity index is 2.15. The molecule has 0 bridgehead atoms. The molecule has 19 heavy (non-hydrogen) atoms. The molecule has 2 aromatic rings. The predicted molar refractivity (Wildman–Crippen MR) is 70.0 cm³/mol. The highest BCUT2D eigenvalue weighted by atomic mass is 32.2. The third-order valence-electron chi connectivity index (χ3n) is 2.43. The Hall–Kier alpha value is -2.01. The highest BCUT2D eigenvalue weighted by Gasteiger charge is 2.06. The number of ether oxygens (including phenoxy) is 1. The number of carbonyl (C=O) groups is 1. The summed E-state index contributed by atoms with van der Waals surface area (Å²) < 4.78 is 17.8. The molecule has 0 unspecified atom stereocenters. The van der Waals surface area contributed by atoms with Gasteiger partial charge in [-0.1, -0.05) is 11.8 Å². The molecule has 0 aliphatic carbocycles. The Morgan fingerprint density at radius 1 is 1.16 bits per heavy atom. The van der Waals surface area contributed by atoms with Gasteiger partial charge in [-0.3, -0.25) is 0 Å². The first-order chi connectivity index (χ1) is 9.10. The Kier molecular flexibility index (Phi) is 4.06. The highest BCUT2D eigenvalue weighted by Crippen LogP contribution is 2.30. The number of benzene rings is 2. The number of carbonyl (C=O) groups excluding carboxylic acids is 1. The molecule has 1 N–H and O–H groups in total. The highest BCUT2D eigenvalue weighted by molar-refractivity contribution is 7.99. The van der Waals surface area contributed by atoms with Gasteiger partial charge in [0.15, 0.2) is 11.6 Å². The van der Waals surface area contributed by atoms with E-state index in [1.807, 2.05) is 0 Å². The Morgan fingerprint density at radius 3 is 2.37 bits per heavy atom. The lowest BCUT2D eigenvalue weighted by atomic mass is 10.2. The topological polar surface area (TPSA) is 46.5 Å². The third kappa shape index (κ3) is 3.26. The van der Waals surface area contributed by atoms with Gasteiger partial charge in [0.2, 0.25) is 0 Å². The van der Waals surface area contributed by atoms with E-state index in [1.165, 1.54) is 31.0 Å². The smallest absolute Gasteiger partial charge is 0.337 e. The minimum absolute atomic E-state index is 0.370. The summed E-state index contributed by atoms with van der Waals surface area (Å²) in [7, 11) is 1.32. The maximum Gasteiger partial charge on any atom is 0.337 e. The molecule has 0 radical (unpaired) electrons. The molecule has 0 aromatic heterocycles. The summed E-state index contributed by atoms with van der Waals surface area (Å²) in [5, 5.41) is 9.10. The SMILES string of the molecule is COC(=O)c1ccc(Sc2ccc(O)c(F)c2)cc1. The van der Waals surface area contributed by atoms with Crippen molar-refractivity contribution in [2.24, 2.45) is 0 Å². The third-order valence-corrected chi connectivity index (χ3v) is 3.43. The van der Waals surface area contributed by atoms with Crippen LogP contribution in [0.3, 0.4) is 0 Å². The van der Waals surface area contributed by atoms with Gasteiger partial charge in [0.05, 0.1) is 12.7 Å². The van der Waals surface area contributed by atoms with Crippen molar-refractivity contribution in [1.82, 2.24) is 0 Å². The predicted octanol–water partition coefficient (Wildman–Crippen LogP) is 3.47. The average Bonchev–Trinajstić information content (AvgIpc) is 2.43. The van der Waals surface area contributed by atoms with E-state index in [-0.39, 0.29) is 5.75 Å². The number of phenols is 1. The molecule has 0 atom stereocenters. The standard InChI is InChI=1S/C14H11FO3S/c1-18-14(17)9-2-4-10(5-3-9)19-11-6-7-13(16)12(15)8-11/h2-8,16H,1H3. The fourth-order valence-electron chi connectivity index (χ4n) is 1.46. The molecule has 0 fully saturated rings. The number of esters is 1. The van der Waals surface area contributed by atoms with Crippen LogP contribution in [0.4, 0.5) is 4.39 Å². The number of rotatable bonds is 3. The second kappa shape index (κ2) is 5.75. The van der Waals surface area contributed by atoms with Gasteiger partial charge in [-0.05, 0) is 42.5 Å². The van der Waals surface area contributed by atoms with Gasteiger partial charge in [-0.25, -0.2) is 9.18 Å². The van der Waals surface area contributed by atoms with Crippen molar-refractivity contribution in [3.05, 3.63) is 53.8 Å². The van der Waals surface area contributed by atoms with E-state index in [0.29, 0.717) is 10.5 Å². The summed E-state index contributed by atoms with van der Waals surface area (Å²) in [5.74, 6) is -1.42. The van der Waals surface area contributed by atoms with E-state index in [0.717, 1.165) is 4.90 Å². The fourth-order valence-corrected chi connectivity index (χ4v) is 2.31. The van der Waals surface area contributed by atoms with Crippen LogP contribution in [-0.4, -0.2) is 18.2 Å². The zero-order chi connectivity index (χ0) is 13.8. The van der Waals surface area contributed by atoms with Crippen LogP contribution >= 0.6 is 11.8 Å². The minimum atomic E-state index is -0.656. The lowest BCUT2D eigenvalue weighted by Crippen LogP contribution is -2.00. The molecule has 0 amide bonds. The quantitative estimate of drug-likeness (QED) is 0.873. The van der Waals surface area contributed by atoms with Crippen molar-refractivity contribution in [2.45, 2.75) is 9.79 Å². The number of methoxy groups -OCH3 is 1. The summed E-state index contributed by atoms with van der Waals surface area (Å²) in [6.07, 6.45) is 0. The summed E-state index contributed by atoms with van der Waals surface area (Å²) in [4.78, 5) is 12.8. The van der Waals surface area contributed by atoms with Gasteiger partial charge in [-0.2, -0.15) is 0 Å². The maximum atomic E-state index is 13.2. The zero-order valence-corrected chi connectivity index (χ0v) is 10.9. The van der Waals surface area contributed by atoms with E-state index < -0.39 is 11.8 Å².